The highest BCUT2D eigenvalue weighted by molar-refractivity contribution is 9.10. The number of halogens is 1. The molecule has 0 spiro atoms. The Morgan fingerprint density at radius 1 is 1.65 bits per heavy atom. The van der Waals surface area contributed by atoms with Crippen molar-refractivity contribution in [3.63, 3.8) is 0 Å². The number of ether oxygens (including phenoxy) is 1. The zero-order valence-corrected chi connectivity index (χ0v) is 12.5. The number of hydrogen-bond acceptors (Lipinski definition) is 4. The lowest BCUT2D eigenvalue weighted by molar-refractivity contribution is -0.0253. The van der Waals surface area contributed by atoms with E-state index < -0.39 is 0 Å². The van der Waals surface area contributed by atoms with E-state index in [-0.39, 0.29) is 0 Å². The topological polar surface area (TPSA) is 24.5 Å². The lowest BCUT2D eigenvalue weighted by atomic mass is 10.2. The Bertz CT molecular complexity index is 345. The minimum absolute atomic E-state index is 0.340. The minimum atomic E-state index is 0.340. The van der Waals surface area contributed by atoms with Crippen LogP contribution in [0.4, 0.5) is 0 Å². The monoisotopic (exact) mass is 318 g/mol. The Hall–Kier alpha value is 0.0600. The van der Waals surface area contributed by atoms with Gasteiger partial charge in [0.1, 0.15) is 0 Å². The van der Waals surface area contributed by atoms with Crippen molar-refractivity contribution in [1.29, 1.82) is 0 Å². The van der Waals surface area contributed by atoms with Crippen molar-refractivity contribution in [2.45, 2.75) is 19.6 Å². The van der Waals surface area contributed by atoms with Crippen LogP contribution in [0.1, 0.15) is 11.8 Å². The fourth-order valence-electron chi connectivity index (χ4n) is 1.99. The zero-order valence-electron chi connectivity index (χ0n) is 10.1. The highest BCUT2D eigenvalue weighted by atomic mass is 79.9. The first-order chi connectivity index (χ1) is 8.28. The van der Waals surface area contributed by atoms with E-state index in [1.54, 1.807) is 11.3 Å². The van der Waals surface area contributed by atoms with E-state index >= 15 is 0 Å². The SMILES string of the molecule is CCN1CCOC(CNCc2cc(Br)cs2)C1. The van der Waals surface area contributed by atoms with E-state index in [0.717, 1.165) is 39.3 Å². The van der Waals surface area contributed by atoms with Crippen LogP contribution >= 0.6 is 27.3 Å². The second kappa shape index (κ2) is 6.85. The molecule has 0 radical (unpaired) electrons. The smallest absolute Gasteiger partial charge is 0.0826 e. The van der Waals surface area contributed by atoms with Gasteiger partial charge < -0.3 is 10.1 Å². The average molecular weight is 319 g/mol. The molecule has 3 nitrogen and oxygen atoms in total. The van der Waals surface area contributed by atoms with E-state index in [4.69, 9.17) is 4.74 Å². The summed E-state index contributed by atoms with van der Waals surface area (Å²) in [4.78, 5) is 3.80. The molecule has 2 rings (SSSR count). The van der Waals surface area contributed by atoms with Gasteiger partial charge >= 0.3 is 0 Å². The third-order valence-electron chi connectivity index (χ3n) is 2.96. The standard InChI is InChI=1S/C12H19BrN2OS/c1-2-15-3-4-16-11(8-15)6-14-7-12-5-10(13)9-17-12/h5,9,11,14H,2-4,6-8H2,1H3. The van der Waals surface area contributed by atoms with E-state index in [1.807, 2.05) is 0 Å². The summed E-state index contributed by atoms with van der Waals surface area (Å²) in [6.07, 6.45) is 0.340. The van der Waals surface area contributed by atoms with Crippen molar-refractivity contribution in [3.8, 4) is 0 Å². The molecule has 0 aromatic carbocycles. The van der Waals surface area contributed by atoms with Gasteiger partial charge in [-0.05, 0) is 28.5 Å². The summed E-state index contributed by atoms with van der Waals surface area (Å²) >= 11 is 5.25. The third kappa shape index (κ3) is 4.34. The molecule has 1 aliphatic heterocycles. The summed E-state index contributed by atoms with van der Waals surface area (Å²) in [5.74, 6) is 0. The van der Waals surface area contributed by atoms with Gasteiger partial charge in [0.05, 0.1) is 12.7 Å². The number of likely N-dealkylation sites (N-methyl/N-ethyl adjacent to an activating group) is 1. The van der Waals surface area contributed by atoms with Gasteiger partial charge in [-0.15, -0.1) is 11.3 Å². The van der Waals surface area contributed by atoms with Crippen LogP contribution in [0.3, 0.4) is 0 Å². The minimum Gasteiger partial charge on any atom is -0.374 e. The van der Waals surface area contributed by atoms with Crippen LogP contribution in [0, 0.1) is 0 Å². The van der Waals surface area contributed by atoms with Crippen LogP contribution in [0.2, 0.25) is 0 Å². The quantitative estimate of drug-likeness (QED) is 0.901. The Balaban J connectivity index is 1.68. The van der Waals surface area contributed by atoms with E-state index in [9.17, 15) is 0 Å². The first kappa shape index (κ1) is 13.5. The van der Waals surface area contributed by atoms with Gasteiger partial charge in [-0.2, -0.15) is 0 Å². The Kier molecular flexibility index (Phi) is 5.44. The summed E-state index contributed by atoms with van der Waals surface area (Å²) in [5, 5.41) is 5.59. The highest BCUT2D eigenvalue weighted by Crippen LogP contribution is 2.19. The number of morpholine rings is 1. The third-order valence-corrected chi connectivity index (χ3v) is 4.66. The molecule has 1 saturated heterocycles. The van der Waals surface area contributed by atoms with Gasteiger partial charge in [-0.25, -0.2) is 0 Å². The molecule has 5 heteroatoms. The second-order valence-electron chi connectivity index (χ2n) is 4.25. The molecule has 1 unspecified atom stereocenters. The number of hydrogen-bond donors (Lipinski definition) is 1. The van der Waals surface area contributed by atoms with E-state index in [0.29, 0.717) is 6.10 Å². The van der Waals surface area contributed by atoms with Crippen molar-refractivity contribution in [1.82, 2.24) is 10.2 Å². The normalized spacial score (nSPS) is 21.9. The summed E-state index contributed by atoms with van der Waals surface area (Å²) < 4.78 is 6.91. The second-order valence-corrected chi connectivity index (χ2v) is 6.16. The molecule has 2 heterocycles. The molecule has 1 fully saturated rings. The average Bonchev–Trinajstić information content (AvgIpc) is 2.75. The summed E-state index contributed by atoms with van der Waals surface area (Å²) in [6, 6.07) is 2.16. The van der Waals surface area contributed by atoms with Crippen LogP contribution < -0.4 is 5.32 Å². The maximum atomic E-state index is 5.74. The lowest BCUT2D eigenvalue weighted by Gasteiger charge is -2.32. The number of thiophene rings is 1. The fraction of sp³-hybridized carbons (Fsp3) is 0.667. The van der Waals surface area contributed by atoms with Crippen LogP contribution in [-0.2, 0) is 11.3 Å². The predicted molar refractivity (Wildman–Crippen MR) is 75.6 cm³/mol. The van der Waals surface area contributed by atoms with Crippen molar-refractivity contribution >= 4 is 27.3 Å². The largest absolute Gasteiger partial charge is 0.374 e. The highest BCUT2D eigenvalue weighted by Gasteiger charge is 2.18. The van der Waals surface area contributed by atoms with Gasteiger partial charge in [0.25, 0.3) is 0 Å². The Morgan fingerprint density at radius 3 is 3.24 bits per heavy atom. The Morgan fingerprint density at radius 2 is 2.53 bits per heavy atom. The van der Waals surface area contributed by atoms with Crippen molar-refractivity contribution < 1.29 is 4.74 Å². The van der Waals surface area contributed by atoms with Crippen LogP contribution in [-0.4, -0.2) is 43.8 Å². The van der Waals surface area contributed by atoms with Crippen LogP contribution in [0.5, 0.6) is 0 Å². The maximum Gasteiger partial charge on any atom is 0.0826 e. The molecular weight excluding hydrogens is 300 g/mol. The van der Waals surface area contributed by atoms with Gasteiger partial charge in [0.15, 0.2) is 0 Å². The van der Waals surface area contributed by atoms with Crippen molar-refractivity contribution in [2.24, 2.45) is 0 Å². The molecule has 0 aliphatic carbocycles. The predicted octanol–water partition coefficient (Wildman–Crippen LogP) is 2.32. The molecule has 1 aromatic rings. The zero-order chi connectivity index (χ0) is 12.1. The van der Waals surface area contributed by atoms with Crippen LogP contribution in [0.25, 0.3) is 0 Å². The molecule has 1 aromatic heterocycles. The molecule has 1 atom stereocenters. The van der Waals surface area contributed by atoms with Crippen LogP contribution in [0.15, 0.2) is 15.9 Å². The maximum absolute atomic E-state index is 5.74. The molecule has 0 saturated carbocycles. The van der Waals surface area contributed by atoms with Gasteiger partial charge in [0, 0.05) is 40.9 Å². The van der Waals surface area contributed by atoms with E-state index in [1.165, 1.54) is 9.35 Å². The van der Waals surface area contributed by atoms with Gasteiger partial charge in [0.2, 0.25) is 0 Å². The molecule has 0 bridgehead atoms. The molecule has 17 heavy (non-hydrogen) atoms. The van der Waals surface area contributed by atoms with E-state index in [2.05, 4.69) is 44.5 Å². The van der Waals surface area contributed by atoms with Gasteiger partial charge in [-0.3, -0.25) is 4.90 Å². The number of rotatable bonds is 5. The molecule has 1 aliphatic rings. The summed E-state index contributed by atoms with van der Waals surface area (Å²) in [5.41, 5.74) is 0. The van der Waals surface area contributed by atoms with Crippen molar-refractivity contribution in [2.75, 3.05) is 32.8 Å². The first-order valence-corrected chi connectivity index (χ1v) is 7.72. The number of nitrogens with one attached hydrogen (secondary N) is 1. The molecule has 1 N–H and O–H groups in total. The van der Waals surface area contributed by atoms with Gasteiger partial charge in [-0.1, -0.05) is 6.92 Å². The fourth-order valence-corrected chi connectivity index (χ4v) is 3.41. The Labute approximate surface area is 115 Å². The molecule has 96 valence electrons. The first-order valence-electron chi connectivity index (χ1n) is 6.05. The summed E-state index contributed by atoms with van der Waals surface area (Å²) in [7, 11) is 0. The molecular formula is C12H19BrN2OS. The number of nitrogens with zero attached hydrogens (tertiary/aromatic N) is 1. The summed E-state index contributed by atoms with van der Waals surface area (Å²) in [6.45, 7) is 8.19. The lowest BCUT2D eigenvalue weighted by Crippen LogP contribution is -2.46. The van der Waals surface area contributed by atoms with Crippen molar-refractivity contribution in [3.05, 3.63) is 20.8 Å². The molecule has 0 amide bonds.